The number of nitrogens with zero attached hydrogens (tertiary/aromatic N) is 2. The van der Waals surface area contributed by atoms with Gasteiger partial charge in [0.25, 0.3) is 0 Å². The van der Waals surface area contributed by atoms with E-state index in [0.717, 1.165) is 11.3 Å². The summed E-state index contributed by atoms with van der Waals surface area (Å²) in [6.45, 7) is 3.36. The van der Waals surface area contributed by atoms with Crippen LogP contribution in [0.5, 0.6) is 5.75 Å². The van der Waals surface area contributed by atoms with Gasteiger partial charge in [-0.05, 0) is 39.6 Å². The molecule has 0 radical (unpaired) electrons. The molecule has 0 unspecified atom stereocenters. The van der Waals surface area contributed by atoms with E-state index >= 15 is 0 Å². The first kappa shape index (κ1) is 30.3. The summed E-state index contributed by atoms with van der Waals surface area (Å²) in [5, 5.41) is 52.3. The SMILES string of the molecule is CNCC[C@]1(C)Oc2c(cc3c(=O)cc(C)oc3c2N2C=C3N=CC=C3C2)C[C@H]1OOC[C@H](O)[C@@H](O)[C@H](O)[C@H](O)CO. The predicted octanol–water partition coefficient (Wildman–Crippen LogP) is -0.171. The van der Waals surface area contributed by atoms with E-state index in [1.165, 1.54) is 6.07 Å². The lowest BCUT2D eigenvalue weighted by Gasteiger charge is -2.42. The molecule has 5 rings (SSSR count). The topological polar surface area (TPSA) is 187 Å². The largest absolute Gasteiger partial charge is 0.482 e. The zero-order valence-corrected chi connectivity index (χ0v) is 23.7. The minimum atomic E-state index is -1.79. The van der Waals surface area contributed by atoms with Gasteiger partial charge in [-0.3, -0.25) is 9.79 Å². The molecule has 0 fully saturated rings. The highest BCUT2D eigenvalue weighted by Crippen LogP contribution is 2.48. The smallest absolute Gasteiger partial charge is 0.193 e. The molecule has 13 nitrogen and oxygen atoms in total. The zero-order chi connectivity index (χ0) is 30.2. The van der Waals surface area contributed by atoms with Gasteiger partial charge in [0.05, 0.1) is 24.2 Å². The monoisotopic (exact) mass is 587 g/mol. The molecule has 6 atom stereocenters. The van der Waals surface area contributed by atoms with Crippen molar-refractivity contribution >= 4 is 22.9 Å². The third kappa shape index (κ3) is 5.74. The number of allylic oxidation sites excluding steroid dienone is 1. The van der Waals surface area contributed by atoms with E-state index in [9.17, 15) is 25.2 Å². The van der Waals surface area contributed by atoms with Crippen molar-refractivity contribution in [1.29, 1.82) is 0 Å². The lowest BCUT2D eigenvalue weighted by Crippen LogP contribution is -2.52. The van der Waals surface area contributed by atoms with Crippen molar-refractivity contribution in [2.24, 2.45) is 4.99 Å². The number of fused-ring (bicyclic) bond motifs is 3. The van der Waals surface area contributed by atoms with E-state index in [4.69, 9.17) is 24.0 Å². The molecular weight excluding hydrogens is 550 g/mol. The van der Waals surface area contributed by atoms with E-state index in [-0.39, 0.29) is 11.8 Å². The van der Waals surface area contributed by atoms with E-state index in [1.807, 2.05) is 31.1 Å². The van der Waals surface area contributed by atoms with E-state index in [0.29, 0.717) is 53.2 Å². The van der Waals surface area contributed by atoms with Crippen molar-refractivity contribution in [3.63, 3.8) is 0 Å². The normalized spacial score (nSPS) is 24.1. The number of hydrogen-bond donors (Lipinski definition) is 6. The summed E-state index contributed by atoms with van der Waals surface area (Å²) < 4.78 is 12.9. The molecular formula is C29H37N3O10. The molecule has 0 aliphatic carbocycles. The van der Waals surface area contributed by atoms with Crippen molar-refractivity contribution in [3.8, 4) is 5.75 Å². The number of ether oxygens (including phenoxy) is 1. The molecule has 0 bridgehead atoms. The summed E-state index contributed by atoms with van der Waals surface area (Å²) in [4.78, 5) is 30.6. The number of nitrogens with one attached hydrogen (secondary N) is 1. The van der Waals surface area contributed by atoms with Gasteiger partial charge in [0.15, 0.2) is 16.8 Å². The van der Waals surface area contributed by atoms with Crippen LogP contribution in [0.3, 0.4) is 0 Å². The fraction of sp³-hybridized carbons (Fsp3) is 0.517. The molecule has 1 aromatic carbocycles. The molecule has 4 heterocycles. The van der Waals surface area contributed by atoms with Gasteiger partial charge in [-0.25, -0.2) is 9.78 Å². The Morgan fingerprint density at radius 1 is 1.21 bits per heavy atom. The highest BCUT2D eigenvalue weighted by molar-refractivity contribution is 5.96. The third-order valence-corrected chi connectivity index (χ3v) is 7.91. The minimum absolute atomic E-state index is 0.194. The number of aliphatic hydroxyl groups is 5. The van der Waals surface area contributed by atoms with Crippen LogP contribution in [-0.4, -0.2) is 101 Å². The molecule has 0 saturated heterocycles. The molecule has 0 spiro atoms. The van der Waals surface area contributed by atoms with Gasteiger partial charge in [-0.2, -0.15) is 0 Å². The second-order valence-electron chi connectivity index (χ2n) is 11.1. The molecule has 13 heteroatoms. The van der Waals surface area contributed by atoms with Crippen molar-refractivity contribution in [1.82, 2.24) is 5.32 Å². The van der Waals surface area contributed by atoms with Crippen LogP contribution in [0.1, 0.15) is 24.7 Å². The van der Waals surface area contributed by atoms with Crippen LogP contribution in [-0.2, 0) is 16.2 Å². The Labute approximate surface area is 241 Å². The minimum Gasteiger partial charge on any atom is -0.482 e. The summed E-state index contributed by atoms with van der Waals surface area (Å²) in [6.07, 6.45) is -1.17. The maximum Gasteiger partial charge on any atom is 0.193 e. The Morgan fingerprint density at radius 2 is 1.98 bits per heavy atom. The lowest BCUT2D eigenvalue weighted by atomic mass is 9.86. The van der Waals surface area contributed by atoms with E-state index < -0.39 is 49.3 Å². The van der Waals surface area contributed by atoms with Crippen LogP contribution in [0.25, 0.3) is 11.0 Å². The predicted molar refractivity (Wildman–Crippen MR) is 152 cm³/mol. The van der Waals surface area contributed by atoms with E-state index in [2.05, 4.69) is 10.3 Å². The number of benzene rings is 1. The number of aliphatic hydroxyl groups excluding tert-OH is 5. The molecule has 0 saturated carbocycles. The summed E-state index contributed by atoms with van der Waals surface area (Å²) in [6, 6.07) is 3.18. The Balaban J connectivity index is 1.47. The first-order valence-electron chi connectivity index (χ1n) is 13.8. The lowest BCUT2D eigenvalue weighted by molar-refractivity contribution is -0.360. The van der Waals surface area contributed by atoms with Crippen molar-refractivity contribution in [3.05, 3.63) is 57.2 Å². The first-order chi connectivity index (χ1) is 20.1. The molecule has 42 heavy (non-hydrogen) atoms. The molecule has 0 amide bonds. The molecule has 3 aliphatic rings. The van der Waals surface area contributed by atoms with Gasteiger partial charge in [-0.15, -0.1) is 0 Å². The highest BCUT2D eigenvalue weighted by Gasteiger charge is 2.45. The van der Waals surface area contributed by atoms with E-state index in [1.54, 1.807) is 19.2 Å². The maximum atomic E-state index is 13.1. The first-order valence-corrected chi connectivity index (χ1v) is 13.8. The van der Waals surface area contributed by atoms with Crippen molar-refractivity contribution in [2.75, 3.05) is 38.3 Å². The summed E-state index contributed by atoms with van der Waals surface area (Å²) in [5.74, 6) is 1.02. The average molecular weight is 588 g/mol. The average Bonchev–Trinajstić information content (AvgIpc) is 3.57. The summed E-state index contributed by atoms with van der Waals surface area (Å²) in [7, 11) is 1.82. The van der Waals surface area contributed by atoms with Gasteiger partial charge >= 0.3 is 0 Å². The number of rotatable bonds is 12. The maximum absolute atomic E-state index is 13.1. The molecule has 3 aliphatic heterocycles. The summed E-state index contributed by atoms with van der Waals surface area (Å²) >= 11 is 0. The fourth-order valence-corrected chi connectivity index (χ4v) is 5.39. The van der Waals surface area contributed by atoms with Gasteiger partial charge in [0.1, 0.15) is 54.2 Å². The summed E-state index contributed by atoms with van der Waals surface area (Å²) in [5.41, 5.74) is 2.45. The number of anilines is 1. The second kappa shape index (κ2) is 12.2. The van der Waals surface area contributed by atoms with Gasteiger partial charge in [-0.1, -0.05) is 0 Å². The van der Waals surface area contributed by atoms with Crippen molar-refractivity contribution in [2.45, 2.75) is 62.8 Å². The standard InChI is InChI=1S/C29H37N3O10/c1-15-8-20(34)18-9-17-10-23(42-39-14-22(36)26(38)25(37)21(35)13-33)29(2,5-7-30-3)41-27(17)24(28(18)40-15)32-11-16-4-6-31-19(16)12-32/h4,6,8-9,12,21-23,25-26,30,33,35-38H,5,7,10-11,13-14H2,1-3H3/t21-,22+,23-,25-,26-,29+/m1/s1. The quantitative estimate of drug-likeness (QED) is 0.142. The van der Waals surface area contributed by atoms with Crippen LogP contribution < -0.4 is 20.4 Å². The Hall–Kier alpha value is -3.14. The molecule has 228 valence electrons. The third-order valence-electron chi connectivity index (χ3n) is 7.91. The van der Waals surface area contributed by atoms with Crippen LogP contribution in [0, 0.1) is 6.92 Å². The van der Waals surface area contributed by atoms with Gasteiger partial charge < -0.3 is 44.9 Å². The Bertz CT molecular complexity index is 1470. The van der Waals surface area contributed by atoms with Gasteiger partial charge in [0, 0.05) is 42.5 Å². The van der Waals surface area contributed by atoms with Crippen LogP contribution >= 0.6 is 0 Å². The number of hydrogen-bond acceptors (Lipinski definition) is 13. The fourth-order valence-electron chi connectivity index (χ4n) is 5.39. The van der Waals surface area contributed by atoms with Crippen LogP contribution in [0.2, 0.25) is 0 Å². The Kier molecular flexibility index (Phi) is 8.83. The highest BCUT2D eigenvalue weighted by atomic mass is 17.2. The number of aryl methyl sites for hydroxylation is 1. The zero-order valence-electron chi connectivity index (χ0n) is 23.7. The molecule has 1 aromatic heterocycles. The Morgan fingerprint density at radius 3 is 2.69 bits per heavy atom. The molecule has 6 N–H and O–H groups in total. The molecule has 2 aromatic rings. The van der Waals surface area contributed by atoms with Crippen LogP contribution in [0.15, 0.2) is 49.9 Å². The second-order valence-corrected chi connectivity index (χ2v) is 11.1. The van der Waals surface area contributed by atoms with Crippen LogP contribution in [0.4, 0.5) is 5.69 Å². The van der Waals surface area contributed by atoms with Crippen molar-refractivity contribution < 1.29 is 44.5 Å². The van der Waals surface area contributed by atoms with Gasteiger partial charge in [0.2, 0.25) is 0 Å². The number of aliphatic imine (C=N–C) groups is 1.